The number of carboxylic acids is 1. The van der Waals surface area contributed by atoms with Gasteiger partial charge in [-0.1, -0.05) is 6.92 Å². The van der Waals surface area contributed by atoms with Crippen molar-refractivity contribution in [3.63, 3.8) is 0 Å². The highest BCUT2D eigenvalue weighted by Crippen LogP contribution is 2.37. The van der Waals surface area contributed by atoms with Crippen molar-refractivity contribution in [1.82, 2.24) is 0 Å². The number of ether oxygens (including phenoxy) is 1. The molecule has 0 amide bonds. The van der Waals surface area contributed by atoms with Gasteiger partial charge in [0, 0.05) is 0 Å². The zero-order valence-corrected chi connectivity index (χ0v) is 12.7. The standard InChI is InChI=1S/C13H23ClO5/c1-5-13(4,8-12(2,3)10(16)17)11(18)19-7-9(15)6-14/h9,15H,5-8H2,1-4H3,(H,16,17). The lowest BCUT2D eigenvalue weighted by molar-refractivity contribution is -0.162. The SMILES string of the molecule is CCC(C)(CC(C)(C)C(=O)O)C(=O)OCC(O)CCl. The van der Waals surface area contributed by atoms with Gasteiger partial charge in [-0.2, -0.15) is 0 Å². The number of hydrogen-bond acceptors (Lipinski definition) is 4. The summed E-state index contributed by atoms with van der Waals surface area (Å²) in [5, 5.41) is 18.4. The van der Waals surface area contributed by atoms with Gasteiger partial charge in [0.15, 0.2) is 0 Å². The summed E-state index contributed by atoms with van der Waals surface area (Å²) >= 11 is 5.41. The Kier molecular flexibility index (Phi) is 6.80. The Balaban J connectivity index is 4.76. The second-order valence-corrected chi connectivity index (χ2v) is 6.00. The Morgan fingerprint density at radius 2 is 1.84 bits per heavy atom. The molecule has 0 aromatic carbocycles. The van der Waals surface area contributed by atoms with E-state index in [0.717, 1.165) is 0 Å². The van der Waals surface area contributed by atoms with E-state index in [1.54, 1.807) is 27.7 Å². The van der Waals surface area contributed by atoms with E-state index in [0.29, 0.717) is 6.42 Å². The van der Waals surface area contributed by atoms with Crippen molar-refractivity contribution in [2.75, 3.05) is 12.5 Å². The Morgan fingerprint density at radius 3 is 2.21 bits per heavy atom. The van der Waals surface area contributed by atoms with E-state index in [1.165, 1.54) is 0 Å². The molecular formula is C13H23ClO5. The average molecular weight is 295 g/mol. The molecular weight excluding hydrogens is 272 g/mol. The van der Waals surface area contributed by atoms with Gasteiger partial charge in [0.05, 0.1) is 16.7 Å². The molecule has 2 atom stereocenters. The summed E-state index contributed by atoms with van der Waals surface area (Å²) in [6, 6.07) is 0. The normalized spacial score (nSPS) is 16.5. The fourth-order valence-corrected chi connectivity index (χ4v) is 1.87. The maximum Gasteiger partial charge on any atom is 0.311 e. The number of hydrogen-bond donors (Lipinski definition) is 2. The Bertz CT molecular complexity index is 329. The fraction of sp³-hybridized carbons (Fsp3) is 0.846. The van der Waals surface area contributed by atoms with Crippen molar-refractivity contribution in [3.8, 4) is 0 Å². The maximum absolute atomic E-state index is 12.0. The first kappa shape index (κ1) is 18.2. The lowest BCUT2D eigenvalue weighted by Gasteiger charge is -2.32. The first-order valence-corrected chi connectivity index (χ1v) is 6.77. The van der Waals surface area contributed by atoms with Gasteiger partial charge in [-0.25, -0.2) is 0 Å². The Hall–Kier alpha value is -0.810. The molecule has 0 saturated carbocycles. The van der Waals surface area contributed by atoms with E-state index in [4.69, 9.17) is 21.4 Å². The zero-order chi connectivity index (χ0) is 15.3. The van der Waals surface area contributed by atoms with Gasteiger partial charge in [0.2, 0.25) is 0 Å². The van der Waals surface area contributed by atoms with E-state index >= 15 is 0 Å². The maximum atomic E-state index is 12.0. The van der Waals surface area contributed by atoms with Crippen LogP contribution in [0.5, 0.6) is 0 Å². The number of carboxylic acid groups (broad SMARTS) is 1. The number of esters is 1. The number of alkyl halides is 1. The minimum absolute atomic E-state index is 0.0171. The molecule has 0 bridgehead atoms. The summed E-state index contributed by atoms with van der Waals surface area (Å²) in [4.78, 5) is 23.2. The van der Waals surface area contributed by atoms with Crippen molar-refractivity contribution in [2.45, 2.75) is 46.6 Å². The van der Waals surface area contributed by atoms with Gasteiger partial charge < -0.3 is 14.9 Å². The lowest BCUT2D eigenvalue weighted by Crippen LogP contribution is -2.38. The minimum atomic E-state index is -1.02. The molecule has 19 heavy (non-hydrogen) atoms. The predicted octanol–water partition coefficient (Wildman–Crippen LogP) is 2.05. The summed E-state index contributed by atoms with van der Waals surface area (Å²) < 4.78 is 5.01. The van der Waals surface area contributed by atoms with Crippen LogP contribution in [-0.4, -0.2) is 40.7 Å². The van der Waals surface area contributed by atoms with Crippen molar-refractivity contribution in [2.24, 2.45) is 10.8 Å². The molecule has 0 aliphatic carbocycles. The van der Waals surface area contributed by atoms with Crippen LogP contribution >= 0.6 is 11.6 Å². The van der Waals surface area contributed by atoms with Crippen LogP contribution in [-0.2, 0) is 14.3 Å². The summed E-state index contributed by atoms with van der Waals surface area (Å²) in [5.74, 6) is -1.48. The molecule has 0 aliphatic heterocycles. The quantitative estimate of drug-likeness (QED) is 0.529. The first-order valence-electron chi connectivity index (χ1n) is 6.23. The van der Waals surface area contributed by atoms with Crippen LogP contribution in [0.3, 0.4) is 0 Å². The summed E-state index contributed by atoms with van der Waals surface area (Å²) in [7, 11) is 0. The molecule has 0 fully saturated rings. The van der Waals surface area contributed by atoms with E-state index in [1.807, 2.05) is 0 Å². The highest BCUT2D eigenvalue weighted by atomic mass is 35.5. The summed E-state index contributed by atoms with van der Waals surface area (Å²) in [5.41, 5.74) is -1.91. The predicted molar refractivity (Wildman–Crippen MR) is 72.1 cm³/mol. The molecule has 0 radical (unpaired) electrons. The number of aliphatic carboxylic acids is 1. The van der Waals surface area contributed by atoms with E-state index in [-0.39, 0.29) is 18.9 Å². The second-order valence-electron chi connectivity index (χ2n) is 5.69. The van der Waals surface area contributed by atoms with Gasteiger partial charge in [0.25, 0.3) is 0 Å². The Morgan fingerprint density at radius 1 is 1.32 bits per heavy atom. The molecule has 0 saturated heterocycles. The minimum Gasteiger partial charge on any atom is -0.481 e. The number of aliphatic hydroxyl groups excluding tert-OH is 1. The van der Waals surface area contributed by atoms with E-state index in [2.05, 4.69) is 0 Å². The number of halogens is 1. The highest BCUT2D eigenvalue weighted by Gasteiger charge is 2.42. The topological polar surface area (TPSA) is 83.8 Å². The molecule has 0 spiro atoms. The van der Waals surface area contributed by atoms with Crippen molar-refractivity contribution < 1.29 is 24.5 Å². The number of aliphatic hydroxyl groups is 1. The molecule has 0 aromatic heterocycles. The van der Waals surface area contributed by atoms with Gasteiger partial charge in [0.1, 0.15) is 12.7 Å². The third-order valence-corrected chi connectivity index (χ3v) is 3.63. The molecule has 112 valence electrons. The molecule has 2 N–H and O–H groups in total. The van der Waals surface area contributed by atoms with E-state index in [9.17, 15) is 14.7 Å². The van der Waals surface area contributed by atoms with E-state index < -0.39 is 28.9 Å². The summed E-state index contributed by atoms with van der Waals surface area (Å²) in [6.45, 7) is 6.45. The van der Waals surface area contributed by atoms with Gasteiger partial charge >= 0.3 is 11.9 Å². The molecule has 5 nitrogen and oxygen atoms in total. The number of rotatable bonds is 8. The number of carbonyl (C=O) groups excluding carboxylic acids is 1. The van der Waals surface area contributed by atoms with Crippen LogP contribution in [0.1, 0.15) is 40.5 Å². The van der Waals surface area contributed by atoms with Gasteiger partial charge in [-0.05, 0) is 33.6 Å². The number of carbonyl (C=O) groups is 2. The van der Waals surface area contributed by atoms with Crippen LogP contribution in [0.15, 0.2) is 0 Å². The molecule has 0 aromatic rings. The molecule has 0 heterocycles. The van der Waals surface area contributed by atoms with Crippen LogP contribution in [0.4, 0.5) is 0 Å². The third-order valence-electron chi connectivity index (χ3n) is 3.27. The summed E-state index contributed by atoms with van der Waals surface area (Å²) in [6.07, 6.45) is -0.277. The van der Waals surface area contributed by atoms with Crippen molar-refractivity contribution in [3.05, 3.63) is 0 Å². The monoisotopic (exact) mass is 294 g/mol. The molecule has 0 aliphatic rings. The highest BCUT2D eigenvalue weighted by molar-refractivity contribution is 6.18. The van der Waals surface area contributed by atoms with Crippen molar-refractivity contribution in [1.29, 1.82) is 0 Å². The van der Waals surface area contributed by atoms with Crippen LogP contribution < -0.4 is 0 Å². The molecule has 6 heteroatoms. The van der Waals surface area contributed by atoms with Crippen molar-refractivity contribution >= 4 is 23.5 Å². The smallest absolute Gasteiger partial charge is 0.311 e. The molecule has 2 unspecified atom stereocenters. The first-order chi connectivity index (χ1) is 8.59. The van der Waals surface area contributed by atoms with Crippen LogP contribution in [0.2, 0.25) is 0 Å². The lowest BCUT2D eigenvalue weighted by atomic mass is 9.72. The third kappa shape index (κ3) is 5.37. The molecule has 0 rings (SSSR count). The van der Waals surface area contributed by atoms with Crippen LogP contribution in [0, 0.1) is 10.8 Å². The van der Waals surface area contributed by atoms with Gasteiger partial charge in [-0.3, -0.25) is 9.59 Å². The largest absolute Gasteiger partial charge is 0.481 e. The van der Waals surface area contributed by atoms with Crippen LogP contribution in [0.25, 0.3) is 0 Å². The van der Waals surface area contributed by atoms with Gasteiger partial charge in [-0.15, -0.1) is 11.6 Å². The zero-order valence-electron chi connectivity index (χ0n) is 11.9. The fourth-order valence-electron chi connectivity index (χ4n) is 1.78. The second kappa shape index (κ2) is 7.10. The Labute approximate surface area is 118 Å². The average Bonchev–Trinajstić information content (AvgIpc) is 2.34.